The molecule has 116 valence electrons. The molecule has 1 aromatic carbocycles. The van der Waals surface area contributed by atoms with Gasteiger partial charge in [0.1, 0.15) is 0 Å². The monoisotopic (exact) mass is 311 g/mol. The molecule has 0 aromatic heterocycles. The summed E-state index contributed by atoms with van der Waals surface area (Å²) in [6, 6.07) is 4.91. The first-order valence-corrected chi connectivity index (χ1v) is 8.41. The van der Waals surface area contributed by atoms with Gasteiger partial charge in [0, 0.05) is 24.7 Å². The van der Waals surface area contributed by atoms with Crippen molar-refractivity contribution in [2.24, 2.45) is 5.92 Å². The summed E-state index contributed by atoms with van der Waals surface area (Å²) in [5.74, 6) is -0.0472. The molecule has 1 amide bonds. The number of fused-ring (bicyclic) bond motifs is 1. The third kappa shape index (κ3) is 3.09. The zero-order chi connectivity index (χ0) is 15.6. The number of anilines is 1. The van der Waals surface area contributed by atoms with E-state index in [9.17, 15) is 13.2 Å². The highest BCUT2D eigenvalue weighted by Gasteiger charge is 2.28. The summed E-state index contributed by atoms with van der Waals surface area (Å²) in [6.45, 7) is 3.11. The molecule has 0 fully saturated rings. The Hall–Kier alpha value is -1.44. The Kier molecular flexibility index (Phi) is 4.65. The van der Waals surface area contributed by atoms with Crippen LogP contribution in [0.4, 0.5) is 5.69 Å². The van der Waals surface area contributed by atoms with Crippen LogP contribution in [0.5, 0.6) is 0 Å². The summed E-state index contributed by atoms with van der Waals surface area (Å²) in [4.78, 5) is 14.4. The van der Waals surface area contributed by atoms with Crippen LogP contribution in [0.2, 0.25) is 0 Å². The van der Waals surface area contributed by atoms with E-state index in [1.54, 1.807) is 23.1 Å². The lowest BCUT2D eigenvalue weighted by atomic mass is 10.1. The molecule has 0 saturated heterocycles. The Morgan fingerprint density at radius 2 is 2.10 bits per heavy atom. The van der Waals surface area contributed by atoms with E-state index in [1.807, 2.05) is 14.0 Å². The highest BCUT2D eigenvalue weighted by atomic mass is 32.2. The fourth-order valence-corrected chi connectivity index (χ4v) is 3.33. The lowest BCUT2D eigenvalue weighted by molar-refractivity contribution is -0.121. The summed E-state index contributed by atoms with van der Waals surface area (Å²) < 4.78 is 25.9. The summed E-state index contributed by atoms with van der Waals surface area (Å²) in [5, 5.41) is 3.00. The first kappa shape index (κ1) is 15.9. The highest BCUT2D eigenvalue weighted by Crippen LogP contribution is 2.31. The maximum absolute atomic E-state index is 12.4. The second-order valence-corrected chi connectivity index (χ2v) is 7.08. The first-order valence-electron chi connectivity index (χ1n) is 6.93. The maximum atomic E-state index is 12.4. The van der Waals surface area contributed by atoms with Gasteiger partial charge in [-0.1, -0.05) is 6.92 Å². The van der Waals surface area contributed by atoms with Crippen LogP contribution in [0.1, 0.15) is 12.5 Å². The number of carbonyl (C=O) groups excluding carboxylic acids is 1. The van der Waals surface area contributed by atoms with Crippen LogP contribution in [0.3, 0.4) is 0 Å². The van der Waals surface area contributed by atoms with Gasteiger partial charge in [-0.15, -0.1) is 0 Å². The molecule has 1 atom stereocenters. The quantitative estimate of drug-likeness (QED) is 0.822. The lowest BCUT2D eigenvalue weighted by Gasteiger charge is -2.21. The minimum Gasteiger partial charge on any atom is -0.319 e. The van der Waals surface area contributed by atoms with Crippen LogP contribution in [0, 0.1) is 5.92 Å². The van der Waals surface area contributed by atoms with Crippen molar-refractivity contribution < 1.29 is 13.2 Å². The molecule has 2 rings (SSSR count). The highest BCUT2D eigenvalue weighted by molar-refractivity contribution is 7.89. The summed E-state index contributed by atoms with van der Waals surface area (Å²) in [6.07, 6.45) is 0.681. The molecule has 1 unspecified atom stereocenters. The molecule has 21 heavy (non-hydrogen) atoms. The van der Waals surface area contributed by atoms with E-state index in [0.717, 1.165) is 11.3 Å². The fourth-order valence-electron chi connectivity index (χ4n) is 2.55. The molecule has 0 bridgehead atoms. The van der Waals surface area contributed by atoms with E-state index in [1.165, 1.54) is 7.05 Å². The van der Waals surface area contributed by atoms with Gasteiger partial charge in [0.25, 0.3) is 0 Å². The normalized spacial score (nSPS) is 15.9. The Labute approximate surface area is 125 Å². The molecule has 0 radical (unpaired) electrons. The van der Waals surface area contributed by atoms with Crippen LogP contribution in [0.25, 0.3) is 0 Å². The molecular formula is C14H21N3O3S. The van der Waals surface area contributed by atoms with Crippen molar-refractivity contribution >= 4 is 21.6 Å². The largest absolute Gasteiger partial charge is 0.319 e. The number of benzene rings is 1. The maximum Gasteiger partial charge on any atom is 0.240 e. The van der Waals surface area contributed by atoms with Gasteiger partial charge in [-0.2, -0.15) is 0 Å². The Morgan fingerprint density at radius 3 is 2.71 bits per heavy atom. The van der Waals surface area contributed by atoms with Gasteiger partial charge in [0.15, 0.2) is 0 Å². The van der Waals surface area contributed by atoms with Crippen LogP contribution in [-0.4, -0.2) is 41.5 Å². The number of hydrogen-bond donors (Lipinski definition) is 2. The van der Waals surface area contributed by atoms with E-state index >= 15 is 0 Å². The van der Waals surface area contributed by atoms with Crippen molar-refractivity contribution in [3.05, 3.63) is 23.8 Å². The second-order valence-electron chi connectivity index (χ2n) is 5.20. The molecule has 0 saturated carbocycles. The minimum atomic E-state index is -3.45. The average Bonchev–Trinajstić information content (AvgIpc) is 2.89. The molecule has 1 heterocycles. The van der Waals surface area contributed by atoms with Gasteiger partial charge in [-0.05, 0) is 44.3 Å². The van der Waals surface area contributed by atoms with Crippen LogP contribution in [0.15, 0.2) is 23.1 Å². The number of rotatable bonds is 5. The third-order valence-electron chi connectivity index (χ3n) is 3.72. The number of sulfonamides is 1. The molecule has 0 aliphatic carbocycles. The van der Waals surface area contributed by atoms with Gasteiger partial charge >= 0.3 is 0 Å². The predicted molar refractivity (Wildman–Crippen MR) is 81.8 cm³/mol. The molecule has 6 nitrogen and oxygen atoms in total. The Morgan fingerprint density at radius 1 is 1.38 bits per heavy atom. The van der Waals surface area contributed by atoms with Crippen LogP contribution >= 0.6 is 0 Å². The van der Waals surface area contributed by atoms with E-state index in [2.05, 4.69) is 10.0 Å². The van der Waals surface area contributed by atoms with Crippen molar-refractivity contribution in [3.8, 4) is 0 Å². The molecule has 1 aliphatic rings. The summed E-state index contributed by atoms with van der Waals surface area (Å²) >= 11 is 0. The number of amides is 1. The van der Waals surface area contributed by atoms with E-state index in [0.29, 0.717) is 19.5 Å². The van der Waals surface area contributed by atoms with Gasteiger partial charge in [-0.3, -0.25) is 4.79 Å². The SMILES string of the molecule is CNCC(C)C(=O)N1CCc2cc(S(=O)(=O)NC)ccc21. The summed E-state index contributed by atoms with van der Waals surface area (Å²) in [7, 11) is -0.243. The van der Waals surface area contributed by atoms with Gasteiger partial charge in [-0.25, -0.2) is 13.1 Å². The number of hydrogen-bond acceptors (Lipinski definition) is 4. The minimum absolute atomic E-state index is 0.0623. The van der Waals surface area contributed by atoms with E-state index < -0.39 is 10.0 Å². The molecule has 7 heteroatoms. The lowest BCUT2D eigenvalue weighted by Crippen LogP contribution is -2.37. The van der Waals surface area contributed by atoms with Gasteiger partial charge in [0.2, 0.25) is 15.9 Å². The standard InChI is InChI=1S/C14H21N3O3S/c1-10(9-15-2)14(18)17-7-6-11-8-12(4-5-13(11)17)21(19,20)16-3/h4-5,8,10,15-16H,6-7,9H2,1-3H3. The molecule has 1 aliphatic heterocycles. The second kappa shape index (κ2) is 6.13. The predicted octanol–water partition coefficient (Wildman–Crippen LogP) is 0.339. The van der Waals surface area contributed by atoms with E-state index in [4.69, 9.17) is 0 Å². The molecule has 2 N–H and O–H groups in total. The zero-order valence-electron chi connectivity index (χ0n) is 12.5. The number of nitrogens with zero attached hydrogens (tertiary/aromatic N) is 1. The van der Waals surface area contributed by atoms with Crippen molar-refractivity contribution in [2.45, 2.75) is 18.2 Å². The summed E-state index contributed by atoms with van der Waals surface area (Å²) in [5.41, 5.74) is 1.72. The van der Waals surface area contributed by atoms with Crippen molar-refractivity contribution in [3.63, 3.8) is 0 Å². The number of nitrogens with one attached hydrogen (secondary N) is 2. The first-order chi connectivity index (χ1) is 9.90. The van der Waals surface area contributed by atoms with Crippen LogP contribution in [-0.2, 0) is 21.2 Å². The Balaban J connectivity index is 2.28. The number of carbonyl (C=O) groups is 1. The van der Waals surface area contributed by atoms with Crippen molar-refractivity contribution in [2.75, 3.05) is 32.1 Å². The Bertz CT molecular complexity index is 643. The fraction of sp³-hybridized carbons (Fsp3) is 0.500. The van der Waals surface area contributed by atoms with Gasteiger partial charge < -0.3 is 10.2 Å². The smallest absolute Gasteiger partial charge is 0.240 e. The third-order valence-corrected chi connectivity index (χ3v) is 5.14. The average molecular weight is 311 g/mol. The molecule has 0 spiro atoms. The van der Waals surface area contributed by atoms with Crippen LogP contribution < -0.4 is 14.9 Å². The zero-order valence-corrected chi connectivity index (χ0v) is 13.3. The van der Waals surface area contributed by atoms with E-state index in [-0.39, 0.29) is 16.7 Å². The van der Waals surface area contributed by atoms with Crippen molar-refractivity contribution in [1.82, 2.24) is 10.0 Å². The topological polar surface area (TPSA) is 78.5 Å². The molecule has 1 aromatic rings. The molecular weight excluding hydrogens is 290 g/mol. The van der Waals surface area contributed by atoms with Gasteiger partial charge in [0.05, 0.1) is 4.90 Å². The van der Waals surface area contributed by atoms with Crippen molar-refractivity contribution in [1.29, 1.82) is 0 Å².